The van der Waals surface area contributed by atoms with Crippen LogP contribution >= 0.6 is 0 Å². The zero-order chi connectivity index (χ0) is 16.2. The third-order valence-electron chi connectivity index (χ3n) is 4.00. The predicted octanol–water partition coefficient (Wildman–Crippen LogP) is 3.68. The Morgan fingerprint density at radius 3 is 2.61 bits per heavy atom. The third-order valence-corrected chi connectivity index (χ3v) is 4.00. The Bertz CT molecular complexity index is 688. The topological polar surface area (TPSA) is 32.3 Å². The monoisotopic (exact) mass is 316 g/mol. The van der Waals surface area contributed by atoms with Crippen molar-refractivity contribution in [2.24, 2.45) is 0 Å². The molecule has 3 nitrogen and oxygen atoms in total. The summed E-state index contributed by atoms with van der Waals surface area (Å²) in [5.74, 6) is -0.842. The lowest BCUT2D eigenvalue weighted by Crippen LogP contribution is -2.45. The minimum Gasteiger partial charge on any atom is -0.381 e. The van der Waals surface area contributed by atoms with Crippen LogP contribution in [0.1, 0.15) is 23.2 Å². The molecule has 23 heavy (non-hydrogen) atoms. The lowest BCUT2D eigenvalue weighted by Gasteiger charge is -2.33. The van der Waals surface area contributed by atoms with E-state index in [-0.39, 0.29) is 17.8 Å². The molecule has 3 rings (SSSR count). The summed E-state index contributed by atoms with van der Waals surface area (Å²) < 4.78 is 26.2. The van der Waals surface area contributed by atoms with Crippen LogP contribution in [0.5, 0.6) is 0 Å². The first-order valence-electron chi connectivity index (χ1n) is 7.69. The lowest BCUT2D eigenvalue weighted by molar-refractivity contribution is 0.0714. The fourth-order valence-electron chi connectivity index (χ4n) is 2.87. The number of carbonyl (C=O) groups is 1. The molecule has 120 valence electrons. The Morgan fingerprint density at radius 2 is 1.87 bits per heavy atom. The van der Waals surface area contributed by atoms with Crippen molar-refractivity contribution in [2.45, 2.75) is 18.9 Å². The standard InChI is InChI=1S/C18H18F2N2O/c19-14-6-8-16(9-7-14)21-17-5-2-10-22(12-17)18(23)13-3-1-4-15(20)11-13/h1,3-4,6-9,11,17,21H,2,5,10,12H2. The van der Waals surface area contributed by atoms with Crippen LogP contribution in [0.15, 0.2) is 48.5 Å². The summed E-state index contributed by atoms with van der Waals surface area (Å²) in [7, 11) is 0. The molecule has 1 aliphatic heterocycles. The van der Waals surface area contributed by atoms with Gasteiger partial charge in [-0.05, 0) is 55.3 Å². The number of likely N-dealkylation sites (tertiary alicyclic amines) is 1. The minimum absolute atomic E-state index is 0.103. The zero-order valence-electron chi connectivity index (χ0n) is 12.6. The molecule has 1 N–H and O–H groups in total. The van der Waals surface area contributed by atoms with Gasteiger partial charge in [-0.2, -0.15) is 0 Å². The van der Waals surface area contributed by atoms with E-state index in [0.29, 0.717) is 18.7 Å². The number of hydrogen-bond acceptors (Lipinski definition) is 2. The molecule has 0 aliphatic carbocycles. The first kappa shape index (κ1) is 15.5. The van der Waals surface area contributed by atoms with Crippen LogP contribution in [0, 0.1) is 11.6 Å². The number of rotatable bonds is 3. The molecule has 1 heterocycles. The SMILES string of the molecule is O=C(c1cccc(F)c1)N1CCCC(Nc2ccc(F)cc2)C1. The Morgan fingerprint density at radius 1 is 1.09 bits per heavy atom. The first-order valence-corrected chi connectivity index (χ1v) is 7.69. The van der Waals surface area contributed by atoms with Gasteiger partial charge in [-0.15, -0.1) is 0 Å². The van der Waals surface area contributed by atoms with Crippen molar-refractivity contribution in [3.05, 3.63) is 65.7 Å². The number of amides is 1. The summed E-state index contributed by atoms with van der Waals surface area (Å²) in [4.78, 5) is 14.2. The van der Waals surface area contributed by atoms with E-state index in [0.717, 1.165) is 18.5 Å². The molecule has 1 saturated heterocycles. The number of hydrogen-bond donors (Lipinski definition) is 1. The van der Waals surface area contributed by atoms with Crippen molar-refractivity contribution in [3.63, 3.8) is 0 Å². The molecule has 1 amide bonds. The minimum atomic E-state index is -0.408. The first-order chi connectivity index (χ1) is 11.1. The van der Waals surface area contributed by atoms with E-state index < -0.39 is 5.82 Å². The third kappa shape index (κ3) is 3.86. The highest BCUT2D eigenvalue weighted by Crippen LogP contribution is 2.18. The normalized spacial score (nSPS) is 17.8. The second kappa shape index (κ2) is 6.77. The fraction of sp³-hybridized carbons (Fsp3) is 0.278. The van der Waals surface area contributed by atoms with E-state index in [1.165, 1.54) is 24.3 Å². The Balaban J connectivity index is 1.66. The van der Waals surface area contributed by atoms with Gasteiger partial charge in [0, 0.05) is 30.4 Å². The fourth-order valence-corrected chi connectivity index (χ4v) is 2.87. The van der Waals surface area contributed by atoms with Crippen LogP contribution in [0.2, 0.25) is 0 Å². The Labute approximate surface area is 133 Å². The molecule has 1 unspecified atom stereocenters. The predicted molar refractivity (Wildman–Crippen MR) is 85.3 cm³/mol. The number of nitrogens with zero attached hydrogens (tertiary/aromatic N) is 1. The average Bonchev–Trinajstić information content (AvgIpc) is 2.56. The van der Waals surface area contributed by atoms with Crippen molar-refractivity contribution < 1.29 is 13.6 Å². The lowest BCUT2D eigenvalue weighted by atomic mass is 10.0. The quantitative estimate of drug-likeness (QED) is 0.937. The van der Waals surface area contributed by atoms with Gasteiger partial charge in [0.05, 0.1) is 0 Å². The van der Waals surface area contributed by atoms with Crippen LogP contribution in [-0.4, -0.2) is 29.9 Å². The number of anilines is 1. The van der Waals surface area contributed by atoms with Gasteiger partial charge in [-0.25, -0.2) is 8.78 Å². The van der Waals surface area contributed by atoms with E-state index >= 15 is 0 Å². The van der Waals surface area contributed by atoms with Gasteiger partial charge in [-0.1, -0.05) is 6.07 Å². The maximum atomic E-state index is 13.3. The molecule has 0 radical (unpaired) electrons. The summed E-state index contributed by atoms with van der Waals surface area (Å²) in [6.45, 7) is 1.21. The number of benzene rings is 2. The molecule has 1 atom stereocenters. The summed E-state index contributed by atoms with van der Waals surface area (Å²) in [6, 6.07) is 12.0. The van der Waals surface area contributed by atoms with E-state index in [1.54, 1.807) is 29.2 Å². The maximum absolute atomic E-state index is 13.3. The van der Waals surface area contributed by atoms with E-state index in [2.05, 4.69) is 5.32 Å². The molecule has 5 heteroatoms. The summed E-state index contributed by atoms with van der Waals surface area (Å²) in [5.41, 5.74) is 1.20. The van der Waals surface area contributed by atoms with Gasteiger partial charge < -0.3 is 10.2 Å². The number of carbonyl (C=O) groups excluding carboxylic acids is 1. The summed E-state index contributed by atoms with van der Waals surface area (Å²) in [5, 5.41) is 3.32. The van der Waals surface area contributed by atoms with Crippen molar-refractivity contribution in [2.75, 3.05) is 18.4 Å². The van der Waals surface area contributed by atoms with Crippen LogP contribution in [-0.2, 0) is 0 Å². The van der Waals surface area contributed by atoms with Crippen LogP contribution in [0.25, 0.3) is 0 Å². The number of nitrogens with one attached hydrogen (secondary N) is 1. The van der Waals surface area contributed by atoms with Crippen molar-refractivity contribution >= 4 is 11.6 Å². The van der Waals surface area contributed by atoms with Gasteiger partial charge in [0.25, 0.3) is 5.91 Å². The molecule has 2 aromatic rings. The highest BCUT2D eigenvalue weighted by molar-refractivity contribution is 5.94. The van der Waals surface area contributed by atoms with E-state index in [4.69, 9.17) is 0 Å². The van der Waals surface area contributed by atoms with Crippen molar-refractivity contribution in [3.8, 4) is 0 Å². The largest absolute Gasteiger partial charge is 0.381 e. The molecule has 0 aromatic heterocycles. The highest BCUT2D eigenvalue weighted by Gasteiger charge is 2.24. The summed E-state index contributed by atoms with van der Waals surface area (Å²) in [6.07, 6.45) is 1.81. The van der Waals surface area contributed by atoms with Gasteiger partial charge in [0.2, 0.25) is 0 Å². The van der Waals surface area contributed by atoms with E-state index in [9.17, 15) is 13.6 Å². The van der Waals surface area contributed by atoms with Crippen molar-refractivity contribution in [1.82, 2.24) is 4.90 Å². The van der Waals surface area contributed by atoms with Gasteiger partial charge in [0.1, 0.15) is 11.6 Å². The molecule has 0 saturated carbocycles. The zero-order valence-corrected chi connectivity index (χ0v) is 12.6. The Hall–Kier alpha value is -2.43. The number of halogens is 2. The van der Waals surface area contributed by atoms with Gasteiger partial charge in [0.15, 0.2) is 0 Å². The molecular weight excluding hydrogens is 298 g/mol. The molecule has 0 spiro atoms. The molecule has 0 bridgehead atoms. The van der Waals surface area contributed by atoms with Gasteiger partial charge in [-0.3, -0.25) is 4.79 Å². The molecule has 1 fully saturated rings. The van der Waals surface area contributed by atoms with Crippen LogP contribution in [0.4, 0.5) is 14.5 Å². The van der Waals surface area contributed by atoms with Crippen LogP contribution in [0.3, 0.4) is 0 Å². The van der Waals surface area contributed by atoms with E-state index in [1.807, 2.05) is 0 Å². The maximum Gasteiger partial charge on any atom is 0.254 e. The molecule has 1 aliphatic rings. The summed E-state index contributed by atoms with van der Waals surface area (Å²) >= 11 is 0. The highest BCUT2D eigenvalue weighted by atomic mass is 19.1. The smallest absolute Gasteiger partial charge is 0.254 e. The average molecular weight is 316 g/mol. The molecular formula is C18H18F2N2O. The van der Waals surface area contributed by atoms with Crippen molar-refractivity contribution in [1.29, 1.82) is 0 Å². The molecule has 2 aromatic carbocycles. The van der Waals surface area contributed by atoms with Gasteiger partial charge >= 0.3 is 0 Å². The second-order valence-corrected chi connectivity index (χ2v) is 5.75. The van der Waals surface area contributed by atoms with Crippen LogP contribution < -0.4 is 5.32 Å². The second-order valence-electron chi connectivity index (χ2n) is 5.75. The Kier molecular flexibility index (Phi) is 4.55. The number of piperidine rings is 1.